The summed E-state index contributed by atoms with van der Waals surface area (Å²) >= 11 is 12.2. The van der Waals surface area contributed by atoms with Crippen molar-refractivity contribution in [2.24, 2.45) is 0 Å². The number of hydrogen-bond acceptors (Lipinski definition) is 3. The molecule has 0 bridgehead atoms. The second kappa shape index (κ2) is 8.73. The topological polar surface area (TPSA) is 30.3 Å². The zero-order valence-corrected chi connectivity index (χ0v) is 17.6. The van der Waals surface area contributed by atoms with Crippen LogP contribution < -0.4 is 4.74 Å². The number of likely N-dealkylation sites (tertiary alicyclic amines) is 1. The standard InChI is InChI=1S/C22H25Cl2N3O/c1-16-4-2-11-26(16)12-3-13-28-22-20-14-19(24)9-10-21(20)27(25-22)15-17-5-7-18(23)8-6-17/h5-10,14,16H,2-4,11-13,15H2,1H3/t16-/m0/s1. The van der Waals surface area contributed by atoms with E-state index in [0.717, 1.165) is 34.5 Å². The fourth-order valence-corrected chi connectivity index (χ4v) is 4.17. The highest BCUT2D eigenvalue weighted by molar-refractivity contribution is 6.31. The van der Waals surface area contributed by atoms with Gasteiger partial charge >= 0.3 is 0 Å². The van der Waals surface area contributed by atoms with Crippen molar-refractivity contribution < 1.29 is 4.74 Å². The van der Waals surface area contributed by atoms with E-state index in [0.29, 0.717) is 30.1 Å². The van der Waals surface area contributed by atoms with Gasteiger partial charge in [-0.2, -0.15) is 0 Å². The summed E-state index contributed by atoms with van der Waals surface area (Å²) in [5, 5.41) is 7.10. The second-order valence-corrected chi connectivity index (χ2v) is 8.35. The number of nitrogens with zero attached hydrogens (tertiary/aromatic N) is 3. The van der Waals surface area contributed by atoms with E-state index in [1.165, 1.54) is 19.4 Å². The molecule has 1 aliphatic rings. The van der Waals surface area contributed by atoms with E-state index in [4.69, 9.17) is 33.0 Å². The first kappa shape index (κ1) is 19.6. The largest absolute Gasteiger partial charge is 0.476 e. The molecular weight excluding hydrogens is 393 g/mol. The number of halogens is 2. The lowest BCUT2D eigenvalue weighted by Crippen LogP contribution is -2.28. The van der Waals surface area contributed by atoms with E-state index in [2.05, 4.69) is 11.8 Å². The van der Waals surface area contributed by atoms with Crippen molar-refractivity contribution in [2.45, 2.75) is 38.8 Å². The molecule has 0 unspecified atom stereocenters. The first-order chi connectivity index (χ1) is 13.6. The summed E-state index contributed by atoms with van der Waals surface area (Å²) < 4.78 is 8.03. The maximum absolute atomic E-state index is 6.23. The van der Waals surface area contributed by atoms with E-state index in [1.807, 2.05) is 47.1 Å². The Balaban J connectivity index is 1.47. The van der Waals surface area contributed by atoms with Gasteiger partial charge in [0.25, 0.3) is 0 Å². The average molecular weight is 418 g/mol. The van der Waals surface area contributed by atoms with Gasteiger partial charge in [-0.05, 0) is 68.6 Å². The van der Waals surface area contributed by atoms with Gasteiger partial charge in [0.15, 0.2) is 0 Å². The van der Waals surface area contributed by atoms with Crippen LogP contribution in [0.4, 0.5) is 0 Å². The Kier molecular flexibility index (Phi) is 6.10. The predicted octanol–water partition coefficient (Wildman–Crippen LogP) is 5.64. The van der Waals surface area contributed by atoms with Gasteiger partial charge in [-0.15, -0.1) is 5.10 Å². The number of hydrogen-bond donors (Lipinski definition) is 0. The molecule has 2 heterocycles. The minimum atomic E-state index is 0.654. The zero-order valence-electron chi connectivity index (χ0n) is 16.1. The van der Waals surface area contributed by atoms with Gasteiger partial charge in [0.1, 0.15) is 0 Å². The molecule has 0 saturated carbocycles. The zero-order chi connectivity index (χ0) is 19.5. The number of fused-ring (bicyclic) bond motifs is 1. The van der Waals surface area contributed by atoms with Gasteiger partial charge in [-0.1, -0.05) is 35.3 Å². The third-order valence-corrected chi connectivity index (χ3v) is 5.93. The highest BCUT2D eigenvalue weighted by Gasteiger charge is 2.19. The van der Waals surface area contributed by atoms with E-state index in [9.17, 15) is 0 Å². The summed E-state index contributed by atoms with van der Waals surface area (Å²) in [4.78, 5) is 2.54. The minimum absolute atomic E-state index is 0.654. The van der Waals surface area contributed by atoms with Gasteiger partial charge in [0.2, 0.25) is 5.88 Å². The van der Waals surface area contributed by atoms with E-state index in [1.54, 1.807) is 0 Å². The normalized spacial score (nSPS) is 17.5. The molecule has 3 aromatic rings. The van der Waals surface area contributed by atoms with Gasteiger partial charge in [0, 0.05) is 22.6 Å². The molecule has 0 N–H and O–H groups in total. The molecule has 4 rings (SSSR count). The highest BCUT2D eigenvalue weighted by Crippen LogP contribution is 2.29. The van der Waals surface area contributed by atoms with Crippen LogP contribution in [0.3, 0.4) is 0 Å². The molecule has 1 aromatic heterocycles. The molecular formula is C22H25Cl2N3O. The Hall–Kier alpha value is -1.75. The van der Waals surface area contributed by atoms with Crippen molar-refractivity contribution in [3.05, 3.63) is 58.1 Å². The van der Waals surface area contributed by atoms with E-state index < -0.39 is 0 Å². The molecule has 1 aliphatic heterocycles. The molecule has 28 heavy (non-hydrogen) atoms. The van der Waals surface area contributed by atoms with Crippen molar-refractivity contribution in [1.82, 2.24) is 14.7 Å². The summed E-state index contributed by atoms with van der Waals surface area (Å²) in [6.45, 7) is 5.90. The smallest absolute Gasteiger partial charge is 0.240 e. The number of benzene rings is 2. The molecule has 1 saturated heterocycles. The van der Waals surface area contributed by atoms with Crippen LogP contribution >= 0.6 is 23.2 Å². The Morgan fingerprint density at radius 1 is 1.11 bits per heavy atom. The van der Waals surface area contributed by atoms with Crippen LogP contribution in [-0.4, -0.2) is 40.4 Å². The van der Waals surface area contributed by atoms with Crippen LogP contribution in [0.15, 0.2) is 42.5 Å². The van der Waals surface area contributed by atoms with E-state index >= 15 is 0 Å². The van der Waals surface area contributed by atoms with Gasteiger partial charge in [-0.25, -0.2) is 0 Å². The lowest BCUT2D eigenvalue weighted by molar-refractivity contribution is 0.227. The monoisotopic (exact) mass is 417 g/mol. The van der Waals surface area contributed by atoms with Crippen molar-refractivity contribution in [3.8, 4) is 5.88 Å². The van der Waals surface area contributed by atoms with Crippen LogP contribution in [0.5, 0.6) is 5.88 Å². The third-order valence-electron chi connectivity index (χ3n) is 5.44. The Morgan fingerprint density at radius 2 is 1.89 bits per heavy atom. The lowest BCUT2D eigenvalue weighted by Gasteiger charge is -2.20. The van der Waals surface area contributed by atoms with Crippen LogP contribution in [-0.2, 0) is 6.54 Å². The lowest BCUT2D eigenvalue weighted by atomic mass is 10.2. The fourth-order valence-electron chi connectivity index (χ4n) is 3.87. The summed E-state index contributed by atoms with van der Waals surface area (Å²) in [6.07, 6.45) is 3.61. The number of rotatable bonds is 7. The molecule has 1 fully saturated rings. The van der Waals surface area contributed by atoms with Crippen LogP contribution in [0.1, 0.15) is 31.7 Å². The minimum Gasteiger partial charge on any atom is -0.476 e. The van der Waals surface area contributed by atoms with Crippen molar-refractivity contribution in [2.75, 3.05) is 19.7 Å². The summed E-state index contributed by atoms with van der Waals surface area (Å²) in [5.74, 6) is 0.654. The predicted molar refractivity (Wildman–Crippen MR) is 116 cm³/mol. The Morgan fingerprint density at radius 3 is 2.64 bits per heavy atom. The van der Waals surface area contributed by atoms with Crippen molar-refractivity contribution in [1.29, 1.82) is 0 Å². The summed E-state index contributed by atoms with van der Waals surface area (Å²) in [6, 6.07) is 14.3. The molecule has 0 amide bonds. The SMILES string of the molecule is C[C@H]1CCCN1CCCOc1nn(Cc2ccc(Cl)cc2)c2ccc(Cl)cc12. The molecule has 6 heteroatoms. The Labute approximate surface area is 176 Å². The average Bonchev–Trinajstić information content (AvgIpc) is 3.24. The van der Waals surface area contributed by atoms with Crippen molar-refractivity contribution in [3.63, 3.8) is 0 Å². The van der Waals surface area contributed by atoms with Crippen LogP contribution in [0.2, 0.25) is 10.0 Å². The first-order valence-corrected chi connectivity index (χ1v) is 10.6. The maximum Gasteiger partial charge on any atom is 0.240 e. The third kappa shape index (κ3) is 4.45. The van der Waals surface area contributed by atoms with Gasteiger partial charge in [0.05, 0.1) is 24.1 Å². The second-order valence-electron chi connectivity index (χ2n) is 7.48. The molecule has 0 spiro atoms. The number of ether oxygens (including phenoxy) is 1. The molecule has 0 aliphatic carbocycles. The molecule has 4 nitrogen and oxygen atoms in total. The van der Waals surface area contributed by atoms with Gasteiger partial charge in [-0.3, -0.25) is 4.68 Å². The first-order valence-electron chi connectivity index (χ1n) is 9.87. The van der Waals surface area contributed by atoms with E-state index in [-0.39, 0.29) is 0 Å². The summed E-state index contributed by atoms with van der Waals surface area (Å²) in [5.41, 5.74) is 2.15. The quantitative estimate of drug-likeness (QED) is 0.465. The highest BCUT2D eigenvalue weighted by atomic mass is 35.5. The summed E-state index contributed by atoms with van der Waals surface area (Å²) in [7, 11) is 0. The molecule has 2 aromatic carbocycles. The fraction of sp³-hybridized carbons (Fsp3) is 0.409. The van der Waals surface area contributed by atoms with Crippen LogP contribution in [0.25, 0.3) is 10.9 Å². The van der Waals surface area contributed by atoms with Crippen molar-refractivity contribution >= 4 is 34.1 Å². The molecule has 148 valence electrons. The molecule has 0 radical (unpaired) electrons. The maximum atomic E-state index is 6.23. The van der Waals surface area contributed by atoms with Gasteiger partial charge < -0.3 is 9.64 Å². The molecule has 1 atom stereocenters. The number of aromatic nitrogens is 2. The Bertz CT molecular complexity index is 939. The van der Waals surface area contributed by atoms with Crippen LogP contribution in [0, 0.1) is 0 Å².